The molecule has 0 saturated heterocycles. The molecule has 3 N–H and O–H groups in total. The summed E-state index contributed by atoms with van der Waals surface area (Å²) in [4.78, 5) is 16.5. The second-order valence-electron chi connectivity index (χ2n) is 7.14. The van der Waals surface area contributed by atoms with Gasteiger partial charge in [0.25, 0.3) is 5.91 Å². The van der Waals surface area contributed by atoms with Crippen molar-refractivity contribution in [3.05, 3.63) is 59.2 Å². The summed E-state index contributed by atoms with van der Waals surface area (Å²) in [7, 11) is 4.99. The third-order valence-electron chi connectivity index (χ3n) is 4.70. The molecule has 0 radical (unpaired) electrons. The van der Waals surface area contributed by atoms with Gasteiger partial charge in [-0.3, -0.25) is 9.79 Å². The van der Waals surface area contributed by atoms with Gasteiger partial charge in [0.05, 0.1) is 13.7 Å². The lowest BCUT2D eigenvalue weighted by Crippen LogP contribution is -2.41. The number of nitrogens with zero attached hydrogens (tertiary/aromatic N) is 1. The number of nitrogens with one attached hydrogen (secondary N) is 3. The molecular weight excluding hydrogens is 408 g/mol. The molecule has 0 spiro atoms. The van der Waals surface area contributed by atoms with Crippen LogP contribution in [0.5, 0.6) is 11.5 Å². The van der Waals surface area contributed by atoms with Gasteiger partial charge in [-0.1, -0.05) is 12.1 Å². The van der Waals surface area contributed by atoms with Crippen LogP contribution >= 0.6 is 0 Å². The Hall–Kier alpha value is -3.26. The van der Waals surface area contributed by atoms with Crippen LogP contribution in [0.4, 0.5) is 0 Å². The lowest BCUT2D eigenvalue weighted by atomic mass is 10.1. The minimum absolute atomic E-state index is 0.132. The predicted octanol–water partition coefficient (Wildman–Crippen LogP) is 2.51. The molecule has 0 heterocycles. The standard InChI is InChI=1S/C24H34N4O4/c1-18-6-7-20(22(16-18)32-15-5-14-30-3)17-28-24(25-2)27-13-12-26-23(29)19-8-10-21(31-4)11-9-19/h6-11,16H,5,12-15,17H2,1-4H3,(H,26,29)(H2,25,27,28). The first kappa shape index (κ1) is 25.0. The zero-order valence-corrected chi connectivity index (χ0v) is 19.4. The molecule has 0 unspecified atom stereocenters. The molecular formula is C24H34N4O4. The molecule has 32 heavy (non-hydrogen) atoms. The van der Waals surface area contributed by atoms with Gasteiger partial charge in [-0.15, -0.1) is 0 Å². The maximum Gasteiger partial charge on any atom is 0.251 e. The van der Waals surface area contributed by atoms with E-state index in [1.807, 2.05) is 13.0 Å². The Morgan fingerprint density at radius 1 is 0.969 bits per heavy atom. The highest BCUT2D eigenvalue weighted by Crippen LogP contribution is 2.20. The molecule has 8 nitrogen and oxygen atoms in total. The van der Waals surface area contributed by atoms with Crippen LogP contribution in [0.15, 0.2) is 47.5 Å². The fourth-order valence-electron chi connectivity index (χ4n) is 2.93. The number of methoxy groups -OCH3 is 2. The number of guanidine groups is 1. The van der Waals surface area contributed by atoms with Gasteiger partial charge < -0.3 is 30.2 Å². The number of benzene rings is 2. The Kier molecular flexibility index (Phi) is 10.9. The number of hydrogen-bond acceptors (Lipinski definition) is 5. The first-order chi connectivity index (χ1) is 15.6. The molecule has 0 aliphatic carbocycles. The van der Waals surface area contributed by atoms with Gasteiger partial charge in [-0.05, 0) is 42.8 Å². The fraction of sp³-hybridized carbons (Fsp3) is 0.417. The van der Waals surface area contributed by atoms with Crippen LogP contribution < -0.4 is 25.4 Å². The van der Waals surface area contributed by atoms with Gasteiger partial charge in [0.1, 0.15) is 11.5 Å². The van der Waals surface area contributed by atoms with Crippen LogP contribution in [-0.2, 0) is 11.3 Å². The molecule has 174 valence electrons. The lowest BCUT2D eigenvalue weighted by molar-refractivity contribution is 0.0954. The summed E-state index contributed by atoms with van der Waals surface area (Å²) < 4.78 is 16.1. The largest absolute Gasteiger partial charge is 0.497 e. The van der Waals surface area contributed by atoms with Crippen molar-refractivity contribution in [3.63, 3.8) is 0 Å². The number of hydrogen-bond donors (Lipinski definition) is 3. The average molecular weight is 443 g/mol. The highest BCUT2D eigenvalue weighted by molar-refractivity contribution is 5.94. The van der Waals surface area contributed by atoms with Gasteiger partial charge in [-0.2, -0.15) is 0 Å². The van der Waals surface area contributed by atoms with Gasteiger partial charge >= 0.3 is 0 Å². The van der Waals surface area contributed by atoms with Crippen molar-refractivity contribution in [1.82, 2.24) is 16.0 Å². The van der Waals surface area contributed by atoms with E-state index in [1.54, 1.807) is 45.5 Å². The Bertz CT molecular complexity index is 869. The summed E-state index contributed by atoms with van der Waals surface area (Å²) in [5.74, 6) is 2.09. The second-order valence-corrected chi connectivity index (χ2v) is 7.14. The fourth-order valence-corrected chi connectivity index (χ4v) is 2.93. The number of aliphatic imine (C=N–C) groups is 1. The summed E-state index contributed by atoms with van der Waals surface area (Å²) in [5.41, 5.74) is 2.78. The third kappa shape index (κ3) is 8.47. The Balaban J connectivity index is 1.77. The van der Waals surface area contributed by atoms with Crippen molar-refractivity contribution in [1.29, 1.82) is 0 Å². The highest BCUT2D eigenvalue weighted by Gasteiger charge is 2.07. The van der Waals surface area contributed by atoms with Gasteiger partial charge in [0.2, 0.25) is 0 Å². The van der Waals surface area contributed by atoms with Crippen LogP contribution in [0.1, 0.15) is 27.9 Å². The van der Waals surface area contributed by atoms with Crippen LogP contribution in [0.25, 0.3) is 0 Å². The molecule has 2 rings (SSSR count). The minimum Gasteiger partial charge on any atom is -0.497 e. The van der Waals surface area contributed by atoms with E-state index in [2.05, 4.69) is 33.1 Å². The molecule has 0 fully saturated rings. The number of ether oxygens (including phenoxy) is 3. The predicted molar refractivity (Wildman–Crippen MR) is 127 cm³/mol. The molecule has 0 aliphatic rings. The van der Waals surface area contributed by atoms with Crippen LogP contribution in [0.3, 0.4) is 0 Å². The van der Waals surface area contributed by atoms with Crippen molar-refractivity contribution in [3.8, 4) is 11.5 Å². The molecule has 8 heteroatoms. The lowest BCUT2D eigenvalue weighted by Gasteiger charge is -2.16. The third-order valence-corrected chi connectivity index (χ3v) is 4.70. The highest BCUT2D eigenvalue weighted by atomic mass is 16.5. The minimum atomic E-state index is -0.132. The first-order valence-corrected chi connectivity index (χ1v) is 10.7. The quantitative estimate of drug-likeness (QED) is 0.266. The molecule has 2 aromatic rings. The maximum absolute atomic E-state index is 12.2. The van der Waals surface area contributed by atoms with E-state index in [-0.39, 0.29) is 5.91 Å². The topological polar surface area (TPSA) is 93.2 Å². The van der Waals surface area contributed by atoms with Gasteiger partial charge in [0, 0.05) is 57.9 Å². The normalized spacial score (nSPS) is 11.1. The van der Waals surface area contributed by atoms with Crippen molar-refractivity contribution in [2.45, 2.75) is 19.9 Å². The van der Waals surface area contributed by atoms with Crippen molar-refractivity contribution >= 4 is 11.9 Å². The molecule has 0 aromatic heterocycles. The van der Waals surface area contributed by atoms with Crippen molar-refractivity contribution < 1.29 is 19.0 Å². The van der Waals surface area contributed by atoms with Crippen LogP contribution in [0.2, 0.25) is 0 Å². The monoisotopic (exact) mass is 442 g/mol. The van der Waals surface area contributed by atoms with E-state index in [1.165, 1.54) is 0 Å². The van der Waals surface area contributed by atoms with Crippen LogP contribution in [-0.4, -0.2) is 59.4 Å². The summed E-state index contributed by atoms with van der Waals surface area (Å²) in [6.45, 7) is 4.88. The zero-order chi connectivity index (χ0) is 23.2. The van der Waals surface area contributed by atoms with Crippen molar-refractivity contribution in [2.24, 2.45) is 4.99 Å². The molecule has 0 bridgehead atoms. The van der Waals surface area contributed by atoms with Crippen LogP contribution in [0, 0.1) is 6.92 Å². The molecule has 0 saturated carbocycles. The molecule has 1 amide bonds. The van der Waals surface area contributed by atoms with Gasteiger partial charge in [-0.25, -0.2) is 0 Å². The number of carbonyl (C=O) groups excluding carboxylic acids is 1. The van der Waals surface area contributed by atoms with E-state index >= 15 is 0 Å². The van der Waals surface area contributed by atoms with Gasteiger partial charge in [0.15, 0.2) is 5.96 Å². The molecule has 0 atom stereocenters. The summed E-state index contributed by atoms with van der Waals surface area (Å²) >= 11 is 0. The SMILES string of the molecule is CN=C(NCCNC(=O)c1ccc(OC)cc1)NCc1ccc(C)cc1OCCCOC. The summed E-state index contributed by atoms with van der Waals surface area (Å²) in [6.07, 6.45) is 0.836. The second kappa shape index (κ2) is 13.9. The van der Waals surface area contributed by atoms with E-state index in [0.29, 0.717) is 44.4 Å². The number of rotatable bonds is 12. The first-order valence-electron chi connectivity index (χ1n) is 10.7. The Morgan fingerprint density at radius 3 is 2.41 bits per heavy atom. The van der Waals surface area contributed by atoms with E-state index in [0.717, 1.165) is 29.0 Å². The smallest absolute Gasteiger partial charge is 0.251 e. The summed E-state index contributed by atoms with van der Waals surface area (Å²) in [5, 5.41) is 9.37. The molecule has 0 aliphatic heterocycles. The van der Waals surface area contributed by atoms with E-state index in [9.17, 15) is 4.79 Å². The Morgan fingerprint density at radius 2 is 1.72 bits per heavy atom. The molecule has 2 aromatic carbocycles. The van der Waals surface area contributed by atoms with E-state index < -0.39 is 0 Å². The zero-order valence-electron chi connectivity index (χ0n) is 19.4. The number of amides is 1. The maximum atomic E-state index is 12.2. The Labute approximate surface area is 190 Å². The van der Waals surface area contributed by atoms with Crippen molar-refractivity contribution in [2.75, 3.05) is 47.6 Å². The van der Waals surface area contributed by atoms with E-state index in [4.69, 9.17) is 14.2 Å². The number of carbonyl (C=O) groups is 1. The summed E-state index contributed by atoms with van der Waals surface area (Å²) in [6, 6.07) is 13.1. The average Bonchev–Trinajstić information content (AvgIpc) is 2.82. The number of aryl methyl sites for hydroxylation is 1.